The normalized spacial score (nSPS) is 20.6. The minimum Gasteiger partial charge on any atom is -0.369 e. The largest absolute Gasteiger partial charge is 0.369 e. The number of aliphatic imine (C=N–C) groups is 1. The first-order valence-corrected chi connectivity index (χ1v) is 3.22. The molecule has 0 aromatic heterocycles. The molecule has 58 valence electrons. The van der Waals surface area contributed by atoms with Crippen LogP contribution in [0.15, 0.2) is 4.99 Å². The second-order valence-electron chi connectivity index (χ2n) is 2.28. The summed E-state index contributed by atoms with van der Waals surface area (Å²) in [5.41, 5.74) is 0. The van der Waals surface area contributed by atoms with Gasteiger partial charge in [-0.05, 0) is 0 Å². The van der Waals surface area contributed by atoms with Crippen LogP contribution in [0, 0.1) is 0 Å². The van der Waals surface area contributed by atoms with Gasteiger partial charge in [0.2, 0.25) is 0 Å². The fraction of sp³-hybridized carbons (Fsp3) is 0.833. The van der Waals surface area contributed by atoms with E-state index in [2.05, 4.69) is 4.99 Å². The molecule has 1 heterocycles. The van der Waals surface area contributed by atoms with Gasteiger partial charge >= 0.3 is 0 Å². The molecule has 1 aliphatic rings. The fourth-order valence-electron chi connectivity index (χ4n) is 0.620. The first-order chi connectivity index (χ1) is 4.79. The van der Waals surface area contributed by atoms with Gasteiger partial charge in [0.1, 0.15) is 0 Å². The van der Waals surface area contributed by atoms with E-state index in [1.165, 1.54) is 0 Å². The van der Waals surface area contributed by atoms with Crippen molar-refractivity contribution >= 4 is 6.34 Å². The molecule has 1 saturated heterocycles. The molecular weight excluding hydrogens is 132 g/mol. The summed E-state index contributed by atoms with van der Waals surface area (Å²) < 4.78 is 10.1. The molecule has 0 aliphatic carbocycles. The summed E-state index contributed by atoms with van der Waals surface area (Å²) >= 11 is 0. The molecule has 0 N–H and O–H groups in total. The van der Waals surface area contributed by atoms with E-state index in [9.17, 15) is 0 Å². The summed E-state index contributed by atoms with van der Waals surface area (Å²) in [5.74, 6) is 0. The molecule has 4 heteroatoms. The number of hydrogen-bond acceptors (Lipinski definition) is 3. The molecule has 0 atom stereocenters. The SMILES string of the molecule is CN(C)C=NC1OCCO1. The second-order valence-corrected chi connectivity index (χ2v) is 2.28. The Kier molecular flexibility index (Phi) is 2.65. The standard InChI is InChI=1S/C6H12N2O2/c1-8(2)5-7-6-9-3-4-10-6/h5-6H,3-4H2,1-2H3. The third kappa shape index (κ3) is 2.33. The zero-order valence-electron chi connectivity index (χ0n) is 6.28. The van der Waals surface area contributed by atoms with E-state index in [1.807, 2.05) is 19.0 Å². The van der Waals surface area contributed by atoms with Crippen molar-refractivity contribution in [3.63, 3.8) is 0 Å². The summed E-state index contributed by atoms with van der Waals surface area (Å²) in [6.45, 7) is 1.30. The zero-order chi connectivity index (χ0) is 7.40. The van der Waals surface area contributed by atoms with Gasteiger partial charge in [-0.2, -0.15) is 0 Å². The van der Waals surface area contributed by atoms with Gasteiger partial charge in [-0.3, -0.25) is 0 Å². The molecule has 0 aromatic carbocycles. The molecule has 0 radical (unpaired) electrons. The summed E-state index contributed by atoms with van der Waals surface area (Å²) in [6.07, 6.45) is 1.30. The molecular formula is C6H12N2O2. The average Bonchev–Trinajstić information content (AvgIpc) is 2.34. The van der Waals surface area contributed by atoms with Gasteiger partial charge in [-0.15, -0.1) is 0 Å². The van der Waals surface area contributed by atoms with Gasteiger partial charge in [0.25, 0.3) is 6.41 Å². The molecule has 0 saturated carbocycles. The fourth-order valence-corrected chi connectivity index (χ4v) is 0.620. The van der Waals surface area contributed by atoms with Crippen molar-refractivity contribution in [1.29, 1.82) is 0 Å². The number of rotatable bonds is 2. The Morgan fingerprint density at radius 3 is 2.50 bits per heavy atom. The summed E-state index contributed by atoms with van der Waals surface area (Å²) in [5, 5.41) is 0. The van der Waals surface area contributed by atoms with Crippen molar-refractivity contribution in [3.8, 4) is 0 Å². The molecule has 1 rings (SSSR count). The Bertz CT molecular complexity index is 119. The maximum atomic E-state index is 5.06. The first-order valence-electron chi connectivity index (χ1n) is 3.22. The predicted octanol–water partition coefficient (Wildman–Crippen LogP) is -0.0933. The Morgan fingerprint density at radius 1 is 1.40 bits per heavy atom. The van der Waals surface area contributed by atoms with Crippen LogP contribution in [0.2, 0.25) is 0 Å². The number of hydrogen-bond donors (Lipinski definition) is 0. The van der Waals surface area contributed by atoms with Crippen LogP contribution in [-0.4, -0.2) is 45.0 Å². The Morgan fingerprint density at radius 2 is 2.00 bits per heavy atom. The van der Waals surface area contributed by atoms with Crippen LogP contribution in [-0.2, 0) is 9.47 Å². The van der Waals surface area contributed by atoms with Crippen molar-refractivity contribution < 1.29 is 9.47 Å². The van der Waals surface area contributed by atoms with Gasteiger partial charge < -0.3 is 14.4 Å². The highest BCUT2D eigenvalue weighted by atomic mass is 16.7. The van der Waals surface area contributed by atoms with Crippen molar-refractivity contribution in [3.05, 3.63) is 0 Å². The molecule has 0 bridgehead atoms. The minimum absolute atomic E-state index is 0.373. The summed E-state index contributed by atoms with van der Waals surface area (Å²) in [7, 11) is 3.80. The van der Waals surface area contributed by atoms with E-state index in [0.717, 1.165) is 0 Å². The smallest absolute Gasteiger partial charge is 0.259 e. The van der Waals surface area contributed by atoms with Crippen LogP contribution in [0.5, 0.6) is 0 Å². The Hall–Kier alpha value is -0.610. The topological polar surface area (TPSA) is 34.1 Å². The number of nitrogens with zero attached hydrogens (tertiary/aromatic N) is 2. The zero-order valence-corrected chi connectivity index (χ0v) is 6.28. The van der Waals surface area contributed by atoms with Gasteiger partial charge in [0, 0.05) is 14.1 Å². The van der Waals surface area contributed by atoms with E-state index in [0.29, 0.717) is 13.2 Å². The van der Waals surface area contributed by atoms with E-state index >= 15 is 0 Å². The van der Waals surface area contributed by atoms with E-state index in [4.69, 9.17) is 9.47 Å². The van der Waals surface area contributed by atoms with Gasteiger partial charge in [0.15, 0.2) is 0 Å². The Balaban J connectivity index is 2.23. The molecule has 0 unspecified atom stereocenters. The first kappa shape index (κ1) is 7.50. The van der Waals surface area contributed by atoms with Crippen LogP contribution in [0.25, 0.3) is 0 Å². The lowest BCUT2D eigenvalue weighted by atomic mass is 10.8. The van der Waals surface area contributed by atoms with E-state index < -0.39 is 0 Å². The monoisotopic (exact) mass is 144 g/mol. The van der Waals surface area contributed by atoms with Crippen LogP contribution in [0.1, 0.15) is 0 Å². The average molecular weight is 144 g/mol. The predicted molar refractivity (Wildman–Crippen MR) is 37.9 cm³/mol. The molecule has 1 fully saturated rings. The van der Waals surface area contributed by atoms with Crippen molar-refractivity contribution in [2.45, 2.75) is 6.41 Å². The molecule has 0 amide bonds. The maximum Gasteiger partial charge on any atom is 0.259 e. The van der Waals surface area contributed by atoms with Crippen molar-refractivity contribution in [2.24, 2.45) is 4.99 Å². The van der Waals surface area contributed by atoms with Crippen molar-refractivity contribution in [2.75, 3.05) is 27.3 Å². The lowest BCUT2D eigenvalue weighted by Crippen LogP contribution is -2.12. The number of ether oxygens (including phenoxy) is 2. The van der Waals surface area contributed by atoms with Gasteiger partial charge in [-0.1, -0.05) is 0 Å². The highest BCUT2D eigenvalue weighted by molar-refractivity contribution is 5.53. The van der Waals surface area contributed by atoms with Crippen LogP contribution in [0.3, 0.4) is 0 Å². The molecule has 1 aliphatic heterocycles. The second kappa shape index (κ2) is 3.53. The highest BCUT2D eigenvalue weighted by Gasteiger charge is 2.12. The third-order valence-corrected chi connectivity index (χ3v) is 1.02. The quantitative estimate of drug-likeness (QED) is 0.401. The lowest BCUT2D eigenvalue weighted by molar-refractivity contribution is -0.0334. The molecule has 0 aromatic rings. The summed E-state index contributed by atoms with van der Waals surface area (Å²) in [4.78, 5) is 5.82. The third-order valence-electron chi connectivity index (χ3n) is 1.02. The molecule has 10 heavy (non-hydrogen) atoms. The maximum absolute atomic E-state index is 5.06. The minimum atomic E-state index is -0.373. The van der Waals surface area contributed by atoms with Crippen LogP contribution >= 0.6 is 0 Å². The van der Waals surface area contributed by atoms with Crippen LogP contribution in [0.4, 0.5) is 0 Å². The van der Waals surface area contributed by atoms with E-state index in [1.54, 1.807) is 6.34 Å². The van der Waals surface area contributed by atoms with Crippen LogP contribution < -0.4 is 0 Å². The Labute approximate surface area is 60.4 Å². The highest BCUT2D eigenvalue weighted by Crippen LogP contribution is 2.03. The van der Waals surface area contributed by atoms with Gasteiger partial charge in [0.05, 0.1) is 19.6 Å². The molecule has 0 spiro atoms. The van der Waals surface area contributed by atoms with E-state index in [-0.39, 0.29) is 6.41 Å². The molecule has 4 nitrogen and oxygen atoms in total. The van der Waals surface area contributed by atoms with Crippen molar-refractivity contribution in [1.82, 2.24) is 4.90 Å². The lowest BCUT2D eigenvalue weighted by Gasteiger charge is -2.05. The summed E-state index contributed by atoms with van der Waals surface area (Å²) in [6, 6.07) is 0. The van der Waals surface area contributed by atoms with Gasteiger partial charge in [-0.25, -0.2) is 4.99 Å².